The van der Waals surface area contributed by atoms with Gasteiger partial charge in [0.1, 0.15) is 11.0 Å². The fourth-order valence-corrected chi connectivity index (χ4v) is 2.99. The van der Waals surface area contributed by atoms with Crippen LogP contribution >= 0.6 is 11.6 Å². The summed E-state index contributed by atoms with van der Waals surface area (Å²) in [7, 11) is 0. The smallest absolute Gasteiger partial charge is 0.327 e. The standard InChI is InChI=1S/C17H15ClN6O/c1-2-23-15(7-8-20-23)24-13-4-3-9-22(16(13)21-17(24)25)11-12-5-6-14(18)19-10-12/h3-10H,2,11H2,1H3. The molecule has 2 aromatic heterocycles. The van der Waals surface area contributed by atoms with Crippen molar-refractivity contribution >= 4 is 11.6 Å². The number of fused-ring (bicyclic) bond motifs is 1. The maximum Gasteiger partial charge on any atom is 0.356 e. The molecule has 126 valence electrons. The number of aryl methyl sites for hydroxylation is 1. The molecule has 4 heterocycles. The average molecular weight is 355 g/mol. The lowest BCUT2D eigenvalue weighted by Gasteiger charge is -2.13. The van der Waals surface area contributed by atoms with Crippen molar-refractivity contribution in [2.75, 3.05) is 0 Å². The Morgan fingerprint density at radius 3 is 2.84 bits per heavy atom. The number of hydrogen-bond acceptors (Lipinski definition) is 4. The monoisotopic (exact) mass is 354 g/mol. The highest BCUT2D eigenvalue weighted by Crippen LogP contribution is 2.22. The highest BCUT2D eigenvalue weighted by atomic mass is 35.5. The summed E-state index contributed by atoms with van der Waals surface area (Å²) in [6, 6.07) is 9.24. The van der Waals surface area contributed by atoms with Crippen LogP contribution in [0.25, 0.3) is 17.3 Å². The van der Waals surface area contributed by atoms with Gasteiger partial charge in [0.2, 0.25) is 0 Å². The molecule has 0 saturated carbocycles. The van der Waals surface area contributed by atoms with Gasteiger partial charge in [-0.3, -0.25) is 0 Å². The van der Waals surface area contributed by atoms with E-state index in [2.05, 4.69) is 15.1 Å². The number of hydrogen-bond donors (Lipinski definition) is 0. The van der Waals surface area contributed by atoms with E-state index in [-0.39, 0.29) is 5.69 Å². The lowest BCUT2D eigenvalue weighted by atomic mass is 10.2. The molecule has 0 bridgehead atoms. The molecule has 2 aromatic rings. The Balaban J connectivity index is 1.79. The number of pyridine rings is 2. The summed E-state index contributed by atoms with van der Waals surface area (Å²) in [4.78, 5) is 20.9. The average Bonchev–Trinajstić information content (AvgIpc) is 3.20. The van der Waals surface area contributed by atoms with Crippen LogP contribution in [0.4, 0.5) is 0 Å². The lowest BCUT2D eigenvalue weighted by molar-refractivity contribution is 0.635. The maximum absolute atomic E-state index is 12.5. The summed E-state index contributed by atoms with van der Waals surface area (Å²) in [5, 5.41) is 4.69. The largest absolute Gasteiger partial charge is 0.356 e. The molecule has 2 aliphatic rings. The summed E-state index contributed by atoms with van der Waals surface area (Å²) < 4.78 is 5.27. The predicted octanol–water partition coefficient (Wildman–Crippen LogP) is 2.45. The van der Waals surface area contributed by atoms with Crippen molar-refractivity contribution in [2.24, 2.45) is 0 Å². The van der Waals surface area contributed by atoms with Crippen LogP contribution in [0.2, 0.25) is 5.15 Å². The summed E-state index contributed by atoms with van der Waals surface area (Å²) >= 11 is 5.84. The van der Waals surface area contributed by atoms with E-state index in [4.69, 9.17) is 11.6 Å². The van der Waals surface area contributed by atoms with Crippen molar-refractivity contribution in [1.82, 2.24) is 28.9 Å². The van der Waals surface area contributed by atoms with Gasteiger partial charge in [0.15, 0.2) is 5.82 Å². The Bertz CT molecular complexity index is 1050. The molecule has 0 amide bonds. The van der Waals surface area contributed by atoms with E-state index < -0.39 is 0 Å². The van der Waals surface area contributed by atoms with Crippen LogP contribution in [0.15, 0.2) is 53.7 Å². The van der Waals surface area contributed by atoms with E-state index in [9.17, 15) is 4.79 Å². The maximum atomic E-state index is 12.5. The fourth-order valence-electron chi connectivity index (χ4n) is 2.87. The van der Waals surface area contributed by atoms with Gasteiger partial charge in [-0.1, -0.05) is 17.7 Å². The van der Waals surface area contributed by atoms with Crippen LogP contribution in [0.5, 0.6) is 0 Å². The zero-order valence-electron chi connectivity index (χ0n) is 13.5. The van der Waals surface area contributed by atoms with Crippen molar-refractivity contribution in [1.29, 1.82) is 0 Å². The zero-order chi connectivity index (χ0) is 17.4. The lowest BCUT2D eigenvalue weighted by Crippen LogP contribution is -2.18. The van der Waals surface area contributed by atoms with Crippen molar-refractivity contribution in [3.05, 3.63) is 70.1 Å². The molecular weight excluding hydrogens is 340 g/mol. The topological polar surface area (TPSA) is 70.5 Å². The first-order chi connectivity index (χ1) is 12.2. The summed E-state index contributed by atoms with van der Waals surface area (Å²) in [6.07, 6.45) is 5.29. The summed E-state index contributed by atoms with van der Waals surface area (Å²) in [5.74, 6) is 1.33. The second-order valence-electron chi connectivity index (χ2n) is 5.57. The Hall–Kier alpha value is -2.93. The second kappa shape index (κ2) is 6.18. The minimum absolute atomic E-state index is 0.320. The molecule has 25 heavy (non-hydrogen) atoms. The minimum Gasteiger partial charge on any atom is -0.327 e. The van der Waals surface area contributed by atoms with Gasteiger partial charge < -0.3 is 4.57 Å². The third kappa shape index (κ3) is 2.72. The molecule has 0 atom stereocenters. The molecule has 0 N–H and O–H groups in total. The van der Waals surface area contributed by atoms with E-state index in [0.717, 1.165) is 11.3 Å². The van der Waals surface area contributed by atoms with Gasteiger partial charge >= 0.3 is 5.69 Å². The van der Waals surface area contributed by atoms with Gasteiger partial charge in [-0.05, 0) is 30.7 Å². The van der Waals surface area contributed by atoms with Crippen LogP contribution < -0.4 is 5.69 Å². The molecule has 8 heteroatoms. The third-order valence-corrected chi connectivity index (χ3v) is 4.24. The third-order valence-electron chi connectivity index (χ3n) is 4.02. The number of rotatable bonds is 4. The Morgan fingerprint density at radius 2 is 2.08 bits per heavy atom. The summed E-state index contributed by atoms with van der Waals surface area (Å²) in [6.45, 7) is 3.20. The molecule has 0 unspecified atom stereocenters. The van der Waals surface area contributed by atoms with Crippen LogP contribution in [-0.2, 0) is 13.1 Å². The summed E-state index contributed by atoms with van der Waals surface area (Å²) in [5.41, 5.74) is 1.39. The molecule has 0 radical (unpaired) electrons. The molecule has 0 aliphatic carbocycles. The normalized spacial score (nSPS) is 11.3. The van der Waals surface area contributed by atoms with E-state index in [1.165, 1.54) is 0 Å². The molecule has 0 fully saturated rings. The zero-order valence-corrected chi connectivity index (χ0v) is 14.3. The molecule has 2 aliphatic heterocycles. The molecule has 0 spiro atoms. The minimum atomic E-state index is -0.320. The van der Waals surface area contributed by atoms with Crippen molar-refractivity contribution in [2.45, 2.75) is 20.0 Å². The highest BCUT2D eigenvalue weighted by molar-refractivity contribution is 6.29. The fraction of sp³-hybridized carbons (Fsp3) is 0.176. The van der Waals surface area contributed by atoms with Gasteiger partial charge in [-0.25, -0.2) is 19.0 Å². The van der Waals surface area contributed by atoms with E-state index in [1.807, 2.05) is 42.0 Å². The first-order valence-electron chi connectivity index (χ1n) is 7.88. The number of aromatic nitrogens is 6. The first-order valence-corrected chi connectivity index (χ1v) is 8.25. The van der Waals surface area contributed by atoms with Crippen LogP contribution in [-0.4, -0.2) is 28.9 Å². The van der Waals surface area contributed by atoms with E-state index >= 15 is 0 Å². The molecule has 7 nitrogen and oxygen atoms in total. The van der Waals surface area contributed by atoms with Crippen molar-refractivity contribution < 1.29 is 0 Å². The Morgan fingerprint density at radius 1 is 1.20 bits per heavy atom. The van der Waals surface area contributed by atoms with Gasteiger partial charge in [0.25, 0.3) is 0 Å². The van der Waals surface area contributed by atoms with E-state index in [1.54, 1.807) is 27.7 Å². The SMILES string of the molecule is CCn1nccc1-n1c2cccn(Cc3ccc(Cl)nc3)c-2nc1=O. The van der Waals surface area contributed by atoms with E-state index in [0.29, 0.717) is 29.9 Å². The first kappa shape index (κ1) is 15.6. The Kier molecular flexibility index (Phi) is 3.85. The van der Waals surface area contributed by atoms with Gasteiger partial charge in [0, 0.05) is 25.0 Å². The van der Waals surface area contributed by atoms with Crippen molar-refractivity contribution in [3.63, 3.8) is 0 Å². The highest BCUT2D eigenvalue weighted by Gasteiger charge is 2.20. The molecule has 0 saturated heterocycles. The van der Waals surface area contributed by atoms with Gasteiger partial charge in [-0.15, -0.1) is 0 Å². The van der Waals surface area contributed by atoms with Gasteiger partial charge in [0.05, 0.1) is 18.4 Å². The predicted molar refractivity (Wildman–Crippen MR) is 94.3 cm³/mol. The quantitative estimate of drug-likeness (QED) is 0.528. The van der Waals surface area contributed by atoms with Crippen LogP contribution in [0, 0.1) is 0 Å². The Labute approximate surface area is 148 Å². The number of nitrogens with zero attached hydrogens (tertiary/aromatic N) is 6. The number of halogens is 1. The van der Waals surface area contributed by atoms with Crippen LogP contribution in [0.3, 0.4) is 0 Å². The second-order valence-corrected chi connectivity index (χ2v) is 5.96. The van der Waals surface area contributed by atoms with Gasteiger partial charge in [-0.2, -0.15) is 10.1 Å². The molecule has 0 aromatic carbocycles. The number of imidazole rings is 1. The van der Waals surface area contributed by atoms with Crippen LogP contribution in [0.1, 0.15) is 12.5 Å². The van der Waals surface area contributed by atoms with Crippen molar-refractivity contribution in [3.8, 4) is 17.3 Å². The molecular formula is C17H15ClN6O. The molecule has 4 rings (SSSR count).